The second kappa shape index (κ2) is 10.4. The molecule has 2 aromatic carbocycles. The maximum Gasteiger partial charge on any atom is 0.215 e. The minimum absolute atomic E-state index is 0.879. The lowest BCUT2D eigenvalue weighted by molar-refractivity contribution is 0.685. The molecule has 0 atom stereocenters. The topological polar surface area (TPSA) is 29.6 Å². The van der Waals surface area contributed by atoms with E-state index in [4.69, 9.17) is 0 Å². The maximum atomic E-state index is 4.51. The third-order valence-electron chi connectivity index (χ3n) is 4.27. The Morgan fingerprint density at radius 1 is 1.00 bits per heavy atom. The SMILES string of the molecule is CCCCCC/C=N\N=c1/scc(-c2ccc(Br)cc2)n1-c1ccccc1. The largest absolute Gasteiger partial charge is 0.284 e. The van der Waals surface area contributed by atoms with E-state index in [9.17, 15) is 0 Å². The smallest absolute Gasteiger partial charge is 0.215 e. The van der Waals surface area contributed by atoms with Crippen molar-refractivity contribution in [3.63, 3.8) is 0 Å². The van der Waals surface area contributed by atoms with Crippen LogP contribution in [0.15, 0.2) is 74.7 Å². The number of thiazole rings is 1. The number of aromatic nitrogens is 1. The first-order valence-corrected chi connectivity index (χ1v) is 11.0. The number of rotatable bonds is 8. The molecule has 0 aliphatic heterocycles. The molecular weight excluding hydrogens is 418 g/mol. The number of unbranched alkanes of at least 4 members (excludes halogenated alkanes) is 4. The summed E-state index contributed by atoms with van der Waals surface area (Å²) in [5.74, 6) is 0. The summed E-state index contributed by atoms with van der Waals surface area (Å²) in [5.41, 5.74) is 3.37. The Labute approximate surface area is 173 Å². The van der Waals surface area contributed by atoms with Gasteiger partial charge in [-0.2, -0.15) is 5.10 Å². The summed E-state index contributed by atoms with van der Waals surface area (Å²) in [6, 6.07) is 18.7. The molecular formula is C22H24BrN3S. The average Bonchev–Trinajstić information content (AvgIpc) is 3.12. The van der Waals surface area contributed by atoms with Gasteiger partial charge >= 0.3 is 0 Å². The molecule has 0 N–H and O–H groups in total. The summed E-state index contributed by atoms with van der Waals surface area (Å²) in [4.78, 5) is 0.879. The highest BCUT2D eigenvalue weighted by Crippen LogP contribution is 2.25. The number of hydrogen-bond acceptors (Lipinski definition) is 3. The summed E-state index contributed by atoms with van der Waals surface area (Å²) >= 11 is 5.12. The van der Waals surface area contributed by atoms with Gasteiger partial charge in [0, 0.05) is 21.8 Å². The van der Waals surface area contributed by atoms with Gasteiger partial charge in [-0.05, 0) is 42.7 Å². The van der Waals surface area contributed by atoms with E-state index in [-0.39, 0.29) is 0 Å². The van der Waals surface area contributed by atoms with Gasteiger partial charge in [0.2, 0.25) is 4.80 Å². The summed E-state index contributed by atoms with van der Waals surface area (Å²) in [5, 5.41) is 11.0. The third-order valence-corrected chi connectivity index (χ3v) is 5.62. The van der Waals surface area contributed by atoms with Crippen LogP contribution < -0.4 is 4.80 Å². The molecule has 3 aromatic rings. The first kappa shape index (κ1) is 19.8. The standard InChI is InChI=1S/C22H24BrN3S/c1-2-3-4-5-9-16-24-25-22-26(20-10-7-6-8-11-20)21(17-27-22)18-12-14-19(23)15-13-18/h6-8,10-17H,2-5,9H2,1H3/b24-16-,25-22-. The summed E-state index contributed by atoms with van der Waals surface area (Å²) in [6.45, 7) is 2.23. The Hall–Kier alpha value is -1.98. The predicted octanol–water partition coefficient (Wildman–Crippen LogP) is 6.83. The fourth-order valence-corrected chi connectivity index (χ4v) is 3.97. The van der Waals surface area contributed by atoms with Gasteiger partial charge in [-0.25, -0.2) is 0 Å². The van der Waals surface area contributed by atoms with Gasteiger partial charge in [-0.3, -0.25) is 4.57 Å². The van der Waals surface area contributed by atoms with Crippen LogP contribution in [0.2, 0.25) is 0 Å². The number of benzene rings is 2. The van der Waals surface area contributed by atoms with Gasteiger partial charge in [0.25, 0.3) is 0 Å². The molecule has 1 aromatic heterocycles. The molecule has 0 bridgehead atoms. The van der Waals surface area contributed by atoms with E-state index in [0.717, 1.165) is 32.6 Å². The highest BCUT2D eigenvalue weighted by Gasteiger charge is 2.09. The number of halogens is 1. The van der Waals surface area contributed by atoms with Crippen molar-refractivity contribution in [1.82, 2.24) is 4.57 Å². The fourth-order valence-electron chi connectivity index (χ4n) is 2.84. The molecule has 5 heteroatoms. The van der Waals surface area contributed by atoms with Gasteiger partial charge in [0.1, 0.15) is 0 Å². The first-order valence-electron chi connectivity index (χ1n) is 9.37. The highest BCUT2D eigenvalue weighted by atomic mass is 79.9. The zero-order valence-corrected chi connectivity index (χ0v) is 17.9. The number of hydrogen-bond donors (Lipinski definition) is 0. The minimum Gasteiger partial charge on any atom is -0.284 e. The van der Waals surface area contributed by atoms with E-state index in [1.807, 2.05) is 24.4 Å². The van der Waals surface area contributed by atoms with Crippen LogP contribution >= 0.6 is 27.3 Å². The van der Waals surface area contributed by atoms with E-state index >= 15 is 0 Å². The molecule has 0 spiro atoms. The van der Waals surface area contributed by atoms with E-state index in [2.05, 4.69) is 79.4 Å². The zero-order chi connectivity index (χ0) is 18.9. The second-order valence-corrected chi connectivity index (χ2v) is 8.08. The van der Waals surface area contributed by atoms with Crippen molar-refractivity contribution in [1.29, 1.82) is 0 Å². The van der Waals surface area contributed by atoms with Crippen molar-refractivity contribution in [3.05, 3.63) is 69.3 Å². The van der Waals surface area contributed by atoms with E-state index in [1.165, 1.54) is 25.7 Å². The normalized spacial score (nSPS) is 12.1. The summed E-state index contributed by atoms with van der Waals surface area (Å²) < 4.78 is 3.24. The molecule has 0 radical (unpaired) electrons. The Bertz CT molecular complexity index is 924. The van der Waals surface area contributed by atoms with Crippen LogP contribution in [0, 0.1) is 0 Å². The molecule has 3 nitrogen and oxygen atoms in total. The second-order valence-electron chi connectivity index (χ2n) is 6.33. The molecule has 0 aliphatic rings. The maximum absolute atomic E-state index is 4.51. The molecule has 0 saturated carbocycles. The van der Waals surface area contributed by atoms with Crippen LogP contribution in [-0.2, 0) is 0 Å². The predicted molar refractivity (Wildman–Crippen MR) is 120 cm³/mol. The van der Waals surface area contributed by atoms with Gasteiger partial charge < -0.3 is 0 Å². The Morgan fingerprint density at radius 3 is 2.52 bits per heavy atom. The van der Waals surface area contributed by atoms with Crippen LogP contribution in [-0.4, -0.2) is 10.8 Å². The lowest BCUT2D eigenvalue weighted by atomic mass is 10.1. The van der Waals surface area contributed by atoms with E-state index in [1.54, 1.807) is 11.3 Å². The minimum atomic E-state index is 0.879. The quantitative estimate of drug-likeness (QED) is 0.208. The monoisotopic (exact) mass is 441 g/mol. The molecule has 0 unspecified atom stereocenters. The zero-order valence-electron chi connectivity index (χ0n) is 15.5. The van der Waals surface area contributed by atoms with Crippen molar-refractivity contribution in [2.75, 3.05) is 0 Å². The molecule has 27 heavy (non-hydrogen) atoms. The summed E-state index contributed by atoms with van der Waals surface area (Å²) in [7, 11) is 0. The van der Waals surface area contributed by atoms with Crippen molar-refractivity contribution >= 4 is 33.5 Å². The molecule has 0 amide bonds. The molecule has 0 aliphatic carbocycles. The van der Waals surface area contributed by atoms with Crippen molar-refractivity contribution in [2.45, 2.75) is 39.0 Å². The third kappa shape index (κ3) is 5.50. The molecule has 3 rings (SSSR count). The van der Waals surface area contributed by atoms with Gasteiger partial charge in [-0.1, -0.05) is 72.4 Å². The van der Waals surface area contributed by atoms with Gasteiger partial charge in [-0.15, -0.1) is 16.4 Å². The van der Waals surface area contributed by atoms with E-state index in [0.29, 0.717) is 0 Å². The lowest BCUT2D eigenvalue weighted by Crippen LogP contribution is -2.13. The van der Waals surface area contributed by atoms with Crippen LogP contribution in [0.4, 0.5) is 0 Å². The molecule has 0 saturated heterocycles. The average molecular weight is 442 g/mol. The highest BCUT2D eigenvalue weighted by molar-refractivity contribution is 9.10. The Balaban J connectivity index is 1.91. The molecule has 140 valence electrons. The van der Waals surface area contributed by atoms with Crippen molar-refractivity contribution in [2.24, 2.45) is 10.2 Å². The van der Waals surface area contributed by atoms with Crippen LogP contribution in [0.1, 0.15) is 39.0 Å². The Kier molecular flexibility index (Phi) is 7.60. The first-order chi connectivity index (χ1) is 13.3. The summed E-state index contributed by atoms with van der Waals surface area (Å²) in [6.07, 6.45) is 7.91. The van der Waals surface area contributed by atoms with E-state index < -0.39 is 0 Å². The van der Waals surface area contributed by atoms with Gasteiger partial charge in [0.15, 0.2) is 0 Å². The number of nitrogens with zero attached hydrogens (tertiary/aromatic N) is 3. The van der Waals surface area contributed by atoms with Crippen LogP contribution in [0.25, 0.3) is 16.9 Å². The van der Waals surface area contributed by atoms with Crippen LogP contribution in [0.3, 0.4) is 0 Å². The van der Waals surface area contributed by atoms with Gasteiger partial charge in [0.05, 0.1) is 5.69 Å². The molecule has 0 fully saturated rings. The molecule has 1 heterocycles. The number of para-hydroxylation sites is 1. The fraction of sp³-hybridized carbons (Fsp3) is 0.273. The van der Waals surface area contributed by atoms with Crippen molar-refractivity contribution in [3.8, 4) is 16.9 Å². The van der Waals surface area contributed by atoms with Crippen molar-refractivity contribution < 1.29 is 0 Å². The Morgan fingerprint density at radius 2 is 1.78 bits per heavy atom. The van der Waals surface area contributed by atoms with Crippen LogP contribution in [0.5, 0.6) is 0 Å². The lowest BCUT2D eigenvalue weighted by Gasteiger charge is -2.09.